The molecule has 2 aliphatic rings. The van der Waals surface area contributed by atoms with Gasteiger partial charge in [0.25, 0.3) is 0 Å². The van der Waals surface area contributed by atoms with Gasteiger partial charge in [0.15, 0.2) is 11.6 Å². The van der Waals surface area contributed by atoms with Crippen LogP contribution in [0.1, 0.15) is 49.6 Å². The molecule has 2 aromatic heterocycles. The number of hydrogen-bond acceptors (Lipinski definition) is 8. The summed E-state index contributed by atoms with van der Waals surface area (Å²) >= 11 is 0. The number of carboxylic acids is 1. The largest absolute Gasteiger partial charge is 1.00 e. The maximum absolute atomic E-state index is 14.4. The summed E-state index contributed by atoms with van der Waals surface area (Å²) < 4.78 is 8.45. The van der Waals surface area contributed by atoms with Crippen molar-refractivity contribution in [1.82, 2.24) is 20.1 Å². The minimum absolute atomic E-state index is 0. The fraction of sp³-hybridized carbons (Fsp3) is 0.206. The summed E-state index contributed by atoms with van der Waals surface area (Å²) in [5.41, 5.74) is 3.31. The monoisotopic (exact) mass is 594 g/mol. The predicted octanol–water partition coefficient (Wildman–Crippen LogP) is 0.960. The number of pyridine rings is 1. The van der Waals surface area contributed by atoms with Gasteiger partial charge >= 0.3 is 29.6 Å². The van der Waals surface area contributed by atoms with E-state index in [1.165, 1.54) is 18.5 Å². The van der Waals surface area contributed by atoms with E-state index in [0.29, 0.717) is 48.4 Å². The molecule has 1 saturated heterocycles. The summed E-state index contributed by atoms with van der Waals surface area (Å²) in [5, 5.41) is 20.3. The number of carbonyl (C=O) groups is 3. The van der Waals surface area contributed by atoms with E-state index in [9.17, 15) is 19.5 Å². The molecule has 0 amide bonds. The molecule has 10 heteroatoms. The van der Waals surface area contributed by atoms with E-state index in [0.717, 1.165) is 22.3 Å². The van der Waals surface area contributed by atoms with Crippen LogP contribution in [0.5, 0.6) is 5.75 Å². The summed E-state index contributed by atoms with van der Waals surface area (Å²) in [5.74, 6) is -2.58. The molecular weight excluding hydrogens is 567 g/mol. The zero-order chi connectivity index (χ0) is 29.7. The van der Waals surface area contributed by atoms with E-state index >= 15 is 0 Å². The number of ketones is 2. The van der Waals surface area contributed by atoms with Crippen molar-refractivity contribution >= 4 is 28.4 Å². The van der Waals surface area contributed by atoms with Crippen LogP contribution in [0.25, 0.3) is 27.7 Å². The Balaban J connectivity index is 0.00000343. The third-order valence-corrected chi connectivity index (χ3v) is 8.52. The Morgan fingerprint density at radius 2 is 1.73 bits per heavy atom. The first-order valence-corrected chi connectivity index (χ1v) is 14.2. The topological polar surface area (TPSA) is 126 Å². The van der Waals surface area contributed by atoms with Crippen LogP contribution in [-0.4, -0.2) is 51.0 Å². The Hall–Kier alpha value is -4.15. The van der Waals surface area contributed by atoms with Gasteiger partial charge in [-0.05, 0) is 74.1 Å². The molecule has 0 saturated carbocycles. The average molecular weight is 595 g/mol. The number of benzene rings is 3. The second-order valence-electron chi connectivity index (χ2n) is 11.1. The molecule has 214 valence electrons. The van der Waals surface area contributed by atoms with Crippen LogP contribution in [-0.2, 0) is 0 Å². The Kier molecular flexibility index (Phi) is 7.98. The number of nitrogens with zero attached hydrogens (tertiary/aromatic N) is 3. The van der Waals surface area contributed by atoms with Crippen molar-refractivity contribution in [3.63, 3.8) is 0 Å². The van der Waals surface area contributed by atoms with Crippen LogP contribution < -0.4 is 44.7 Å². The fourth-order valence-corrected chi connectivity index (χ4v) is 6.33. The predicted molar refractivity (Wildman–Crippen MR) is 157 cm³/mol. The molecule has 4 heterocycles. The quantitative estimate of drug-likeness (QED) is 0.181. The zero-order valence-electron chi connectivity index (χ0n) is 24.4. The molecule has 0 aliphatic carbocycles. The van der Waals surface area contributed by atoms with Crippen LogP contribution in [0.3, 0.4) is 0 Å². The number of para-hydroxylation sites is 1. The van der Waals surface area contributed by atoms with Crippen molar-refractivity contribution in [3.8, 4) is 22.6 Å². The van der Waals surface area contributed by atoms with Crippen molar-refractivity contribution in [3.05, 3.63) is 108 Å². The number of carbonyl (C=O) groups excluding carboxylic acids is 3. The van der Waals surface area contributed by atoms with E-state index in [2.05, 4.69) is 10.3 Å². The molecule has 1 N–H and O–H groups in total. The third kappa shape index (κ3) is 5.05. The summed E-state index contributed by atoms with van der Waals surface area (Å²) in [7, 11) is 0. The Morgan fingerprint density at radius 3 is 2.48 bits per heavy atom. The molecule has 2 aliphatic heterocycles. The standard InChI is InChI=1S/C34H28N4O5.Na/c1-20-26-17-22(7-9-28(26)38(37-20)25-5-3-2-4-6-25)31(39)30-32(40)27-16-21(23-15-24(33(41)42)19-36-18-23)8-10-29(27)43-34(30)11-13-35-14-12-34;/h2-10,15-19,30,35H,11-14H2,1H3,(H,41,42);/q;+1/p-1/t30-;/m1./s1. The second kappa shape index (κ2) is 11.7. The summed E-state index contributed by atoms with van der Waals surface area (Å²) in [4.78, 5) is 44.1. The molecule has 0 radical (unpaired) electrons. The summed E-state index contributed by atoms with van der Waals surface area (Å²) in [6, 6.07) is 21.8. The van der Waals surface area contributed by atoms with Gasteiger partial charge in [-0.1, -0.05) is 24.3 Å². The molecule has 1 spiro atoms. The van der Waals surface area contributed by atoms with Gasteiger partial charge < -0.3 is 20.0 Å². The number of aromatic carboxylic acids is 1. The smallest absolute Gasteiger partial charge is 0.545 e. The first-order chi connectivity index (χ1) is 20.8. The van der Waals surface area contributed by atoms with Gasteiger partial charge in [-0.15, -0.1) is 0 Å². The van der Waals surface area contributed by atoms with Crippen molar-refractivity contribution in [2.45, 2.75) is 25.4 Å². The van der Waals surface area contributed by atoms with E-state index in [1.807, 2.05) is 54.1 Å². The van der Waals surface area contributed by atoms with Crippen molar-refractivity contribution < 1.29 is 53.8 Å². The number of ether oxygens (including phenoxy) is 1. The Labute approximate surface area is 275 Å². The minimum atomic E-state index is -1.34. The summed E-state index contributed by atoms with van der Waals surface area (Å²) in [6.07, 6.45) is 3.73. The molecule has 1 fully saturated rings. The van der Waals surface area contributed by atoms with Crippen molar-refractivity contribution in [2.75, 3.05) is 13.1 Å². The van der Waals surface area contributed by atoms with E-state index in [1.54, 1.807) is 24.3 Å². The van der Waals surface area contributed by atoms with Gasteiger partial charge in [-0.25, -0.2) is 4.68 Å². The minimum Gasteiger partial charge on any atom is -0.545 e. The number of hydrogen-bond donors (Lipinski definition) is 1. The summed E-state index contributed by atoms with van der Waals surface area (Å²) in [6.45, 7) is 3.14. The number of aryl methyl sites for hydroxylation is 1. The van der Waals surface area contributed by atoms with Crippen LogP contribution in [0.15, 0.2) is 85.2 Å². The third-order valence-electron chi connectivity index (χ3n) is 8.52. The molecule has 9 nitrogen and oxygen atoms in total. The number of rotatable bonds is 5. The SMILES string of the molecule is Cc1nn(-c2ccccc2)c2ccc(C(=O)[C@@H]3C(=O)c4cc(-c5cncc(C(=O)[O-])c5)ccc4OC34CCNCC4)cc12.[Na+]. The molecule has 0 bridgehead atoms. The van der Waals surface area contributed by atoms with Gasteiger partial charge in [-0.2, -0.15) is 5.10 Å². The maximum atomic E-state index is 14.4. The Morgan fingerprint density at radius 1 is 0.955 bits per heavy atom. The molecule has 5 aromatic rings. The van der Waals surface area contributed by atoms with Crippen LogP contribution >= 0.6 is 0 Å². The van der Waals surface area contributed by atoms with Gasteiger partial charge in [0.2, 0.25) is 0 Å². The molecular formula is C34H27N4NaO5. The van der Waals surface area contributed by atoms with Crippen LogP contribution in [0.2, 0.25) is 0 Å². The molecule has 1 atom stereocenters. The van der Waals surface area contributed by atoms with Crippen LogP contribution in [0, 0.1) is 12.8 Å². The maximum Gasteiger partial charge on any atom is 1.00 e. The number of nitrogens with one attached hydrogen (secondary N) is 1. The van der Waals surface area contributed by atoms with E-state index in [-0.39, 0.29) is 52.3 Å². The van der Waals surface area contributed by atoms with Crippen molar-refractivity contribution in [1.29, 1.82) is 0 Å². The number of aromatic nitrogens is 3. The molecule has 7 rings (SSSR count). The number of Topliss-reactive ketones (excluding diaryl/α,β-unsaturated/α-hetero) is 2. The van der Waals surface area contributed by atoms with Crippen molar-refractivity contribution in [2.24, 2.45) is 5.92 Å². The molecule has 3 aromatic carbocycles. The zero-order valence-corrected chi connectivity index (χ0v) is 26.4. The second-order valence-corrected chi connectivity index (χ2v) is 11.1. The van der Waals surface area contributed by atoms with Crippen LogP contribution in [0.4, 0.5) is 0 Å². The molecule has 0 unspecified atom stereocenters. The number of piperidine rings is 1. The van der Waals surface area contributed by atoms with Gasteiger partial charge in [0.05, 0.1) is 28.4 Å². The fourth-order valence-electron chi connectivity index (χ4n) is 6.33. The first-order valence-electron chi connectivity index (χ1n) is 14.2. The van der Waals surface area contributed by atoms with Gasteiger partial charge in [0.1, 0.15) is 17.3 Å². The molecule has 44 heavy (non-hydrogen) atoms. The number of fused-ring (bicyclic) bond motifs is 2. The normalized spacial score (nSPS) is 17.0. The Bertz CT molecular complexity index is 1930. The average Bonchev–Trinajstić information content (AvgIpc) is 3.37. The number of carboxylic acid groups (broad SMARTS) is 1. The van der Waals surface area contributed by atoms with E-state index < -0.39 is 17.5 Å². The van der Waals surface area contributed by atoms with Gasteiger partial charge in [-0.3, -0.25) is 14.6 Å². The van der Waals surface area contributed by atoms with E-state index in [4.69, 9.17) is 9.84 Å². The first kappa shape index (κ1) is 29.9. The van der Waals surface area contributed by atoms with Gasteiger partial charge in [0, 0.05) is 47.3 Å².